The van der Waals surface area contributed by atoms with Crippen LogP contribution in [0.25, 0.3) is 5.57 Å². The summed E-state index contributed by atoms with van der Waals surface area (Å²) >= 11 is 0. The lowest BCUT2D eigenvalue weighted by atomic mass is 10.0. The van der Waals surface area contributed by atoms with Gasteiger partial charge in [0.2, 0.25) is 0 Å². The summed E-state index contributed by atoms with van der Waals surface area (Å²) < 4.78 is 0. The van der Waals surface area contributed by atoms with Gasteiger partial charge in [0.1, 0.15) is 0 Å². The number of aliphatic carboxylic acids is 1. The standard InChI is InChI=1S/C11H12O2/c1-8(9(2)11(12)13)10-6-4-3-5-7-10/h3-7H,1-2H3,(H,12,13)/b9-8+. The maximum absolute atomic E-state index is 10.7. The molecule has 0 amide bonds. The van der Waals surface area contributed by atoms with Crippen molar-refractivity contribution < 1.29 is 9.90 Å². The van der Waals surface area contributed by atoms with Gasteiger partial charge in [0.25, 0.3) is 0 Å². The third-order valence-electron chi connectivity index (χ3n) is 2.09. The second-order valence-electron chi connectivity index (χ2n) is 2.92. The normalized spacial score (nSPS) is 12.2. The molecule has 0 aliphatic carbocycles. The van der Waals surface area contributed by atoms with E-state index >= 15 is 0 Å². The van der Waals surface area contributed by atoms with Crippen molar-refractivity contribution in [1.82, 2.24) is 0 Å². The Bertz CT molecular complexity index is 336. The number of carbonyl (C=O) groups is 1. The van der Waals surface area contributed by atoms with Gasteiger partial charge in [-0.1, -0.05) is 30.3 Å². The minimum Gasteiger partial charge on any atom is -0.478 e. The first-order chi connectivity index (χ1) is 6.13. The van der Waals surface area contributed by atoms with E-state index in [1.54, 1.807) is 6.92 Å². The average Bonchev–Trinajstić information content (AvgIpc) is 2.17. The summed E-state index contributed by atoms with van der Waals surface area (Å²) in [6.45, 7) is 3.43. The SMILES string of the molecule is C/C(C(=O)O)=C(/C)c1ccccc1. The van der Waals surface area contributed by atoms with Gasteiger partial charge < -0.3 is 5.11 Å². The van der Waals surface area contributed by atoms with E-state index in [-0.39, 0.29) is 0 Å². The lowest BCUT2D eigenvalue weighted by Crippen LogP contribution is -1.98. The van der Waals surface area contributed by atoms with Crippen LogP contribution in [0.5, 0.6) is 0 Å². The first-order valence-electron chi connectivity index (χ1n) is 4.09. The van der Waals surface area contributed by atoms with Gasteiger partial charge in [-0.15, -0.1) is 0 Å². The second kappa shape index (κ2) is 3.90. The fourth-order valence-corrected chi connectivity index (χ4v) is 1.07. The monoisotopic (exact) mass is 176 g/mol. The van der Waals surface area contributed by atoms with E-state index in [1.165, 1.54) is 0 Å². The molecule has 0 aliphatic heterocycles. The molecular weight excluding hydrogens is 164 g/mol. The van der Waals surface area contributed by atoms with E-state index in [9.17, 15) is 4.79 Å². The molecule has 0 atom stereocenters. The maximum Gasteiger partial charge on any atom is 0.331 e. The van der Waals surface area contributed by atoms with Gasteiger partial charge in [-0.3, -0.25) is 0 Å². The molecule has 68 valence electrons. The first-order valence-corrected chi connectivity index (χ1v) is 4.09. The number of carboxylic acid groups (broad SMARTS) is 1. The van der Waals surface area contributed by atoms with Gasteiger partial charge in [-0.05, 0) is 25.0 Å². The Morgan fingerprint density at radius 1 is 1.15 bits per heavy atom. The molecule has 0 aliphatic rings. The molecule has 1 N–H and O–H groups in total. The van der Waals surface area contributed by atoms with Gasteiger partial charge >= 0.3 is 5.97 Å². The van der Waals surface area contributed by atoms with E-state index in [0.717, 1.165) is 11.1 Å². The van der Waals surface area contributed by atoms with Gasteiger partial charge in [0, 0.05) is 5.57 Å². The number of allylic oxidation sites excluding steroid dienone is 1. The Hall–Kier alpha value is -1.57. The Balaban J connectivity index is 3.11. The fourth-order valence-electron chi connectivity index (χ4n) is 1.07. The van der Waals surface area contributed by atoms with Gasteiger partial charge in [-0.25, -0.2) is 4.79 Å². The fraction of sp³-hybridized carbons (Fsp3) is 0.182. The molecule has 13 heavy (non-hydrogen) atoms. The Morgan fingerprint density at radius 2 is 1.69 bits per heavy atom. The van der Waals surface area contributed by atoms with Crippen molar-refractivity contribution >= 4 is 11.5 Å². The molecule has 0 spiro atoms. The lowest BCUT2D eigenvalue weighted by Gasteiger charge is -2.03. The number of hydrogen-bond acceptors (Lipinski definition) is 1. The predicted molar refractivity (Wildman–Crippen MR) is 52.3 cm³/mol. The highest BCUT2D eigenvalue weighted by molar-refractivity contribution is 5.95. The molecule has 2 nitrogen and oxygen atoms in total. The molecule has 0 fully saturated rings. The van der Waals surface area contributed by atoms with Crippen molar-refractivity contribution in [1.29, 1.82) is 0 Å². The summed E-state index contributed by atoms with van der Waals surface area (Å²) in [5.41, 5.74) is 2.17. The van der Waals surface area contributed by atoms with E-state index in [0.29, 0.717) is 5.57 Å². The largest absolute Gasteiger partial charge is 0.478 e. The zero-order chi connectivity index (χ0) is 9.84. The molecule has 0 aromatic heterocycles. The molecule has 0 radical (unpaired) electrons. The highest BCUT2D eigenvalue weighted by Gasteiger charge is 2.05. The van der Waals surface area contributed by atoms with Gasteiger partial charge in [0.15, 0.2) is 0 Å². The molecule has 2 heteroatoms. The van der Waals surface area contributed by atoms with Crippen LogP contribution >= 0.6 is 0 Å². The van der Waals surface area contributed by atoms with Crippen molar-refractivity contribution in [3.8, 4) is 0 Å². The number of benzene rings is 1. The zero-order valence-corrected chi connectivity index (χ0v) is 7.74. The maximum atomic E-state index is 10.7. The smallest absolute Gasteiger partial charge is 0.331 e. The van der Waals surface area contributed by atoms with Crippen LogP contribution in [0.2, 0.25) is 0 Å². The summed E-state index contributed by atoms with van der Waals surface area (Å²) in [4.78, 5) is 10.7. The molecule has 0 bridgehead atoms. The molecule has 1 aromatic rings. The van der Waals surface area contributed by atoms with Crippen LogP contribution in [0.4, 0.5) is 0 Å². The third kappa shape index (κ3) is 2.18. The summed E-state index contributed by atoms with van der Waals surface area (Å²) in [6, 6.07) is 9.51. The lowest BCUT2D eigenvalue weighted by molar-refractivity contribution is -0.132. The van der Waals surface area contributed by atoms with Crippen LogP contribution in [0.15, 0.2) is 35.9 Å². The van der Waals surface area contributed by atoms with Gasteiger partial charge in [-0.2, -0.15) is 0 Å². The van der Waals surface area contributed by atoms with Crippen LogP contribution in [0.3, 0.4) is 0 Å². The molecule has 0 saturated carbocycles. The number of carboxylic acids is 1. The topological polar surface area (TPSA) is 37.3 Å². The summed E-state index contributed by atoms with van der Waals surface area (Å²) in [5.74, 6) is -0.860. The summed E-state index contributed by atoms with van der Waals surface area (Å²) in [6.07, 6.45) is 0. The van der Waals surface area contributed by atoms with Crippen molar-refractivity contribution in [3.63, 3.8) is 0 Å². The average molecular weight is 176 g/mol. The molecule has 0 saturated heterocycles. The molecular formula is C11H12O2. The molecule has 1 aromatic carbocycles. The van der Waals surface area contributed by atoms with Crippen molar-refractivity contribution in [2.24, 2.45) is 0 Å². The molecule has 0 heterocycles. The van der Waals surface area contributed by atoms with Crippen molar-refractivity contribution in [3.05, 3.63) is 41.5 Å². The van der Waals surface area contributed by atoms with Crippen molar-refractivity contribution in [2.45, 2.75) is 13.8 Å². The van der Waals surface area contributed by atoms with Crippen LogP contribution in [0, 0.1) is 0 Å². The quantitative estimate of drug-likeness (QED) is 0.703. The number of rotatable bonds is 2. The highest BCUT2D eigenvalue weighted by atomic mass is 16.4. The van der Waals surface area contributed by atoms with E-state index in [1.807, 2.05) is 37.3 Å². The molecule has 0 unspecified atom stereocenters. The molecule has 1 rings (SSSR count). The van der Waals surface area contributed by atoms with Gasteiger partial charge in [0.05, 0.1) is 0 Å². The Kier molecular flexibility index (Phi) is 2.85. The predicted octanol–water partition coefficient (Wildman–Crippen LogP) is 2.56. The van der Waals surface area contributed by atoms with E-state index < -0.39 is 5.97 Å². The highest BCUT2D eigenvalue weighted by Crippen LogP contribution is 2.17. The van der Waals surface area contributed by atoms with Crippen LogP contribution in [0.1, 0.15) is 19.4 Å². The third-order valence-corrected chi connectivity index (χ3v) is 2.09. The first kappa shape index (κ1) is 9.52. The number of hydrogen-bond donors (Lipinski definition) is 1. The zero-order valence-electron chi connectivity index (χ0n) is 7.74. The minimum atomic E-state index is -0.860. The van der Waals surface area contributed by atoms with Crippen LogP contribution < -0.4 is 0 Å². The van der Waals surface area contributed by atoms with Crippen LogP contribution in [-0.4, -0.2) is 11.1 Å². The Labute approximate surface area is 77.5 Å². The van der Waals surface area contributed by atoms with Crippen molar-refractivity contribution in [2.75, 3.05) is 0 Å². The Morgan fingerprint density at radius 3 is 2.15 bits per heavy atom. The minimum absolute atomic E-state index is 0.395. The van der Waals surface area contributed by atoms with E-state index in [4.69, 9.17) is 5.11 Å². The van der Waals surface area contributed by atoms with E-state index in [2.05, 4.69) is 0 Å². The summed E-state index contributed by atoms with van der Waals surface area (Å²) in [5, 5.41) is 8.76. The summed E-state index contributed by atoms with van der Waals surface area (Å²) in [7, 11) is 0. The van der Waals surface area contributed by atoms with Crippen LogP contribution in [-0.2, 0) is 4.79 Å². The second-order valence-corrected chi connectivity index (χ2v) is 2.92.